The van der Waals surface area contributed by atoms with E-state index in [1.54, 1.807) is 12.3 Å². The van der Waals surface area contributed by atoms with Crippen LogP contribution in [-0.4, -0.2) is 22.4 Å². The summed E-state index contributed by atoms with van der Waals surface area (Å²) in [5.41, 5.74) is 3.43. The number of carboxylic acid groups (broad SMARTS) is 1. The molecule has 0 spiro atoms. The van der Waals surface area contributed by atoms with Gasteiger partial charge in [-0.1, -0.05) is 35.0 Å². The normalized spacial score (nSPS) is 10.8. The van der Waals surface area contributed by atoms with Crippen LogP contribution in [0.25, 0.3) is 0 Å². The number of aromatic nitrogens is 1. The van der Waals surface area contributed by atoms with Gasteiger partial charge in [0.2, 0.25) is 0 Å². The number of oxime groups is 1. The van der Waals surface area contributed by atoms with Crippen LogP contribution < -0.4 is 5.32 Å². The first-order valence-electron chi connectivity index (χ1n) is 7.35. The summed E-state index contributed by atoms with van der Waals surface area (Å²) in [6, 6.07) is 11.2. The quantitative estimate of drug-likeness (QED) is 0.592. The molecule has 1 amide bonds. The molecule has 0 aliphatic carbocycles. The molecule has 0 saturated carbocycles. The van der Waals surface area contributed by atoms with E-state index in [1.807, 2.05) is 37.3 Å². The van der Waals surface area contributed by atoms with Gasteiger partial charge < -0.3 is 15.3 Å². The van der Waals surface area contributed by atoms with Gasteiger partial charge >= 0.3 is 6.09 Å². The van der Waals surface area contributed by atoms with Gasteiger partial charge in [0.1, 0.15) is 0 Å². The SMILES string of the molecule is Cc1cccc(CON=CCc2ccc(Cl)c(CNC(=O)O)c2)n1. The van der Waals surface area contributed by atoms with Crippen molar-refractivity contribution in [1.82, 2.24) is 10.3 Å². The van der Waals surface area contributed by atoms with Crippen LogP contribution in [0.5, 0.6) is 0 Å². The van der Waals surface area contributed by atoms with Gasteiger partial charge in [-0.2, -0.15) is 0 Å². The second kappa shape index (κ2) is 8.88. The molecule has 7 heteroatoms. The zero-order valence-corrected chi connectivity index (χ0v) is 14.0. The Labute approximate surface area is 145 Å². The summed E-state index contributed by atoms with van der Waals surface area (Å²) in [6.07, 6.45) is 1.11. The highest BCUT2D eigenvalue weighted by Gasteiger charge is 2.03. The van der Waals surface area contributed by atoms with Crippen molar-refractivity contribution < 1.29 is 14.7 Å². The Balaban J connectivity index is 1.84. The highest BCUT2D eigenvalue weighted by atomic mass is 35.5. The summed E-state index contributed by atoms with van der Waals surface area (Å²) in [4.78, 5) is 20.1. The molecule has 1 heterocycles. The number of benzene rings is 1. The zero-order valence-electron chi connectivity index (χ0n) is 13.2. The van der Waals surface area contributed by atoms with Crippen LogP contribution in [0.15, 0.2) is 41.6 Å². The van der Waals surface area contributed by atoms with Gasteiger partial charge in [-0.05, 0) is 36.2 Å². The molecule has 0 atom stereocenters. The lowest BCUT2D eigenvalue weighted by Crippen LogP contribution is -2.20. The van der Waals surface area contributed by atoms with Crippen LogP contribution >= 0.6 is 11.6 Å². The zero-order chi connectivity index (χ0) is 17.4. The topological polar surface area (TPSA) is 83.8 Å². The molecular weight excluding hydrogens is 330 g/mol. The van der Waals surface area contributed by atoms with E-state index in [-0.39, 0.29) is 6.54 Å². The number of aryl methyl sites for hydroxylation is 1. The number of carbonyl (C=O) groups is 1. The maximum atomic E-state index is 10.6. The Kier molecular flexibility index (Phi) is 6.57. The van der Waals surface area contributed by atoms with Crippen molar-refractivity contribution in [1.29, 1.82) is 0 Å². The molecule has 0 aliphatic heterocycles. The van der Waals surface area contributed by atoms with E-state index in [0.29, 0.717) is 18.1 Å². The van der Waals surface area contributed by atoms with Crippen molar-refractivity contribution >= 4 is 23.9 Å². The van der Waals surface area contributed by atoms with Crippen LogP contribution in [0.3, 0.4) is 0 Å². The lowest BCUT2D eigenvalue weighted by atomic mass is 10.1. The van der Waals surface area contributed by atoms with Crippen LogP contribution in [0.1, 0.15) is 22.5 Å². The molecule has 0 radical (unpaired) electrons. The van der Waals surface area contributed by atoms with Crippen LogP contribution in [0, 0.1) is 6.92 Å². The predicted octanol–water partition coefficient (Wildman–Crippen LogP) is 3.56. The molecule has 6 nitrogen and oxygen atoms in total. The molecule has 1 aromatic carbocycles. The molecule has 0 fully saturated rings. The summed E-state index contributed by atoms with van der Waals surface area (Å²) >= 11 is 6.05. The number of hydrogen-bond donors (Lipinski definition) is 2. The van der Waals surface area contributed by atoms with Gasteiger partial charge in [-0.3, -0.25) is 4.98 Å². The van der Waals surface area contributed by atoms with E-state index in [0.717, 1.165) is 22.5 Å². The summed E-state index contributed by atoms with van der Waals surface area (Å²) in [7, 11) is 0. The number of hydrogen-bond acceptors (Lipinski definition) is 4. The van der Waals surface area contributed by atoms with Gasteiger partial charge in [-0.15, -0.1) is 0 Å². The van der Waals surface area contributed by atoms with Gasteiger partial charge in [0.15, 0.2) is 6.61 Å². The van der Waals surface area contributed by atoms with Crippen molar-refractivity contribution in [2.24, 2.45) is 5.16 Å². The summed E-state index contributed by atoms with van der Waals surface area (Å²) in [5.74, 6) is 0. The third kappa shape index (κ3) is 5.89. The fourth-order valence-corrected chi connectivity index (χ4v) is 2.22. The molecule has 1 aromatic heterocycles. The largest absolute Gasteiger partial charge is 0.465 e. The highest BCUT2D eigenvalue weighted by Crippen LogP contribution is 2.17. The molecule has 0 unspecified atom stereocenters. The van der Waals surface area contributed by atoms with E-state index in [2.05, 4.69) is 15.5 Å². The van der Waals surface area contributed by atoms with Gasteiger partial charge in [0, 0.05) is 29.9 Å². The van der Waals surface area contributed by atoms with Crippen molar-refractivity contribution in [3.05, 3.63) is 63.9 Å². The Morgan fingerprint density at radius 3 is 3.00 bits per heavy atom. The van der Waals surface area contributed by atoms with E-state index in [9.17, 15) is 4.79 Å². The molecule has 0 saturated heterocycles. The minimum Gasteiger partial charge on any atom is -0.465 e. The third-order valence-corrected chi connectivity index (χ3v) is 3.54. The van der Waals surface area contributed by atoms with Crippen molar-refractivity contribution in [3.8, 4) is 0 Å². The summed E-state index contributed by atoms with van der Waals surface area (Å²) in [6.45, 7) is 2.39. The van der Waals surface area contributed by atoms with Crippen LogP contribution in [-0.2, 0) is 24.4 Å². The second-order valence-corrected chi connectivity index (χ2v) is 5.53. The molecule has 2 N–H and O–H groups in total. The fraction of sp³-hybridized carbons (Fsp3) is 0.235. The molecule has 126 valence electrons. The van der Waals surface area contributed by atoms with Crippen LogP contribution in [0.4, 0.5) is 4.79 Å². The maximum Gasteiger partial charge on any atom is 0.404 e. The van der Waals surface area contributed by atoms with Gasteiger partial charge in [0.05, 0.1) is 5.69 Å². The number of nitrogens with one attached hydrogen (secondary N) is 1. The van der Waals surface area contributed by atoms with Gasteiger partial charge in [-0.25, -0.2) is 4.79 Å². The smallest absolute Gasteiger partial charge is 0.404 e. The number of halogens is 1. The molecule has 24 heavy (non-hydrogen) atoms. The summed E-state index contributed by atoms with van der Waals surface area (Å²) < 4.78 is 0. The Hall–Kier alpha value is -2.60. The Bertz CT molecular complexity index is 735. The van der Waals surface area contributed by atoms with Crippen molar-refractivity contribution in [2.75, 3.05) is 0 Å². The lowest BCUT2D eigenvalue weighted by Gasteiger charge is -2.06. The van der Waals surface area contributed by atoms with E-state index in [1.165, 1.54) is 0 Å². The Morgan fingerprint density at radius 1 is 1.42 bits per heavy atom. The number of nitrogens with zero attached hydrogens (tertiary/aromatic N) is 2. The maximum absolute atomic E-state index is 10.6. The second-order valence-electron chi connectivity index (χ2n) is 5.12. The first kappa shape index (κ1) is 17.7. The minimum atomic E-state index is -1.09. The van der Waals surface area contributed by atoms with Crippen molar-refractivity contribution in [2.45, 2.75) is 26.5 Å². The predicted molar refractivity (Wildman–Crippen MR) is 92.3 cm³/mol. The molecular formula is C17H18ClN3O3. The fourth-order valence-electron chi connectivity index (χ4n) is 2.04. The third-order valence-electron chi connectivity index (χ3n) is 3.17. The average Bonchev–Trinajstić information content (AvgIpc) is 2.54. The lowest BCUT2D eigenvalue weighted by molar-refractivity contribution is 0.128. The van der Waals surface area contributed by atoms with Crippen molar-refractivity contribution in [3.63, 3.8) is 0 Å². The summed E-state index contributed by atoms with van der Waals surface area (Å²) in [5, 5.41) is 15.4. The standard InChI is InChI=1S/C17H18ClN3O3/c1-12-3-2-4-15(21-12)11-24-20-8-7-13-5-6-16(18)14(9-13)10-19-17(22)23/h2-6,8-9,19H,7,10-11H2,1H3,(H,22,23). The molecule has 2 aromatic rings. The molecule has 2 rings (SSSR count). The highest BCUT2D eigenvalue weighted by molar-refractivity contribution is 6.31. The van der Waals surface area contributed by atoms with E-state index < -0.39 is 6.09 Å². The monoisotopic (exact) mass is 347 g/mol. The number of pyridine rings is 1. The number of amides is 1. The number of rotatable bonds is 7. The minimum absolute atomic E-state index is 0.161. The van der Waals surface area contributed by atoms with E-state index in [4.69, 9.17) is 21.5 Å². The first-order chi connectivity index (χ1) is 11.5. The van der Waals surface area contributed by atoms with Gasteiger partial charge in [0.25, 0.3) is 0 Å². The molecule has 0 aliphatic rings. The first-order valence-corrected chi connectivity index (χ1v) is 7.73. The Morgan fingerprint density at radius 2 is 2.25 bits per heavy atom. The van der Waals surface area contributed by atoms with E-state index >= 15 is 0 Å². The average molecular weight is 348 g/mol. The molecule has 0 bridgehead atoms. The van der Waals surface area contributed by atoms with Crippen LogP contribution in [0.2, 0.25) is 5.02 Å².